The molecule has 0 unspecified atom stereocenters. The number of nitrogens with zero attached hydrogens (tertiary/aromatic N) is 1. The number of aryl methyl sites for hydroxylation is 2. The lowest BCUT2D eigenvalue weighted by atomic mass is 9.73. The van der Waals surface area contributed by atoms with Gasteiger partial charge in [-0.2, -0.15) is 0 Å². The van der Waals surface area contributed by atoms with E-state index in [-0.39, 0.29) is 11.8 Å². The van der Waals surface area contributed by atoms with Crippen LogP contribution in [0.1, 0.15) is 75.5 Å². The van der Waals surface area contributed by atoms with E-state index in [1.54, 1.807) is 0 Å². The molecular formula is C28H45N3O3. The Bertz CT molecular complexity index is 815. The van der Waals surface area contributed by atoms with Crippen molar-refractivity contribution in [3.05, 3.63) is 34.9 Å². The first kappa shape index (κ1) is 26.7. The number of likely N-dealkylation sites (tertiary alicyclic amines) is 1. The number of amides is 2. The Kier molecular flexibility index (Phi) is 9.96. The quantitative estimate of drug-likeness (QED) is 0.693. The molecule has 6 nitrogen and oxygen atoms in total. The van der Waals surface area contributed by atoms with E-state index in [4.69, 9.17) is 4.74 Å². The Morgan fingerprint density at radius 1 is 1.06 bits per heavy atom. The highest BCUT2D eigenvalue weighted by atomic mass is 16.5. The molecule has 2 fully saturated rings. The molecule has 6 heteroatoms. The monoisotopic (exact) mass is 471 g/mol. The predicted octanol–water partition coefficient (Wildman–Crippen LogP) is 4.12. The highest BCUT2D eigenvalue weighted by Crippen LogP contribution is 2.38. The lowest BCUT2D eigenvalue weighted by Crippen LogP contribution is -2.55. The summed E-state index contributed by atoms with van der Waals surface area (Å²) in [6.07, 6.45) is 5.93. The molecule has 1 atom stereocenters. The normalized spacial score (nSPS) is 23.4. The first-order valence-corrected chi connectivity index (χ1v) is 13.2. The van der Waals surface area contributed by atoms with Crippen molar-refractivity contribution in [2.24, 2.45) is 11.3 Å². The fourth-order valence-electron chi connectivity index (χ4n) is 5.23. The maximum Gasteiger partial charge on any atom is 0.242 e. The van der Waals surface area contributed by atoms with Gasteiger partial charge in [0.2, 0.25) is 11.8 Å². The fourth-order valence-corrected chi connectivity index (χ4v) is 5.23. The molecular weight excluding hydrogens is 426 g/mol. The number of carbonyl (C=O) groups excluding carboxylic acids is 2. The van der Waals surface area contributed by atoms with E-state index < -0.39 is 11.5 Å². The Hall–Kier alpha value is -1.92. The third kappa shape index (κ3) is 7.54. The van der Waals surface area contributed by atoms with Gasteiger partial charge in [0.05, 0.1) is 5.41 Å². The number of piperidine rings is 1. The van der Waals surface area contributed by atoms with Gasteiger partial charge in [-0.3, -0.25) is 14.5 Å². The second-order valence-electron chi connectivity index (χ2n) is 10.9. The van der Waals surface area contributed by atoms with Crippen LogP contribution in [0.4, 0.5) is 0 Å². The van der Waals surface area contributed by atoms with Gasteiger partial charge in [0.25, 0.3) is 0 Å². The van der Waals surface area contributed by atoms with Gasteiger partial charge in [0.1, 0.15) is 6.04 Å². The minimum absolute atomic E-state index is 0.0673. The summed E-state index contributed by atoms with van der Waals surface area (Å²) in [7, 11) is 0. The molecule has 190 valence electrons. The lowest BCUT2D eigenvalue weighted by molar-refractivity contribution is -0.138. The summed E-state index contributed by atoms with van der Waals surface area (Å²) in [5, 5.41) is 6.20. The Morgan fingerprint density at radius 3 is 2.53 bits per heavy atom. The van der Waals surface area contributed by atoms with E-state index in [1.807, 2.05) is 0 Å². The van der Waals surface area contributed by atoms with Gasteiger partial charge in [-0.25, -0.2) is 0 Å². The van der Waals surface area contributed by atoms with Gasteiger partial charge < -0.3 is 15.4 Å². The zero-order chi connectivity index (χ0) is 24.6. The molecule has 34 heavy (non-hydrogen) atoms. The molecule has 0 aromatic heterocycles. The van der Waals surface area contributed by atoms with E-state index in [0.717, 1.165) is 64.8 Å². The van der Waals surface area contributed by atoms with E-state index in [2.05, 4.69) is 61.4 Å². The van der Waals surface area contributed by atoms with E-state index >= 15 is 0 Å². The van der Waals surface area contributed by atoms with Crippen molar-refractivity contribution in [3.8, 4) is 0 Å². The zero-order valence-electron chi connectivity index (χ0n) is 21.8. The molecule has 1 aromatic carbocycles. The largest absolute Gasteiger partial charge is 0.381 e. The SMILES string of the molecule is Cc1ccc(C)c(CN2CCC3(CCCCOCCCNC(=O)[C@H](CC(C)C)NC3=O)CC2)c1. The summed E-state index contributed by atoms with van der Waals surface area (Å²) in [6.45, 7) is 13.2. The first-order valence-electron chi connectivity index (χ1n) is 13.2. The van der Waals surface area contributed by atoms with Crippen LogP contribution in [0.25, 0.3) is 0 Å². The van der Waals surface area contributed by atoms with Crippen LogP contribution >= 0.6 is 0 Å². The molecule has 2 N–H and O–H groups in total. The number of hydrogen-bond acceptors (Lipinski definition) is 4. The number of hydrogen-bond donors (Lipinski definition) is 2. The predicted molar refractivity (Wildman–Crippen MR) is 137 cm³/mol. The Labute approximate surface area is 206 Å². The van der Waals surface area contributed by atoms with Crippen molar-refractivity contribution in [3.63, 3.8) is 0 Å². The van der Waals surface area contributed by atoms with Crippen molar-refractivity contribution >= 4 is 11.8 Å². The van der Waals surface area contributed by atoms with E-state index in [0.29, 0.717) is 25.5 Å². The minimum Gasteiger partial charge on any atom is -0.381 e. The van der Waals surface area contributed by atoms with Gasteiger partial charge in [0, 0.05) is 26.3 Å². The first-order chi connectivity index (χ1) is 16.3. The maximum absolute atomic E-state index is 13.7. The average molecular weight is 472 g/mol. The van der Waals surface area contributed by atoms with Crippen LogP contribution < -0.4 is 10.6 Å². The standard InChI is InChI=1S/C28H45N3O3/c1-21(2)18-25-26(32)29-13-7-17-34-16-6-5-10-28(27(33)30-25)11-14-31(15-12-28)20-24-19-22(3)8-9-23(24)4/h8-9,19,21,25H,5-7,10-18,20H2,1-4H3,(H,29,32)(H,30,33)/t25-/m0/s1. The average Bonchev–Trinajstić information content (AvgIpc) is 2.80. The summed E-state index contributed by atoms with van der Waals surface area (Å²) in [5.41, 5.74) is 3.58. The molecule has 0 radical (unpaired) electrons. The smallest absolute Gasteiger partial charge is 0.242 e. The van der Waals surface area contributed by atoms with Crippen LogP contribution in [0, 0.1) is 25.2 Å². The van der Waals surface area contributed by atoms with Crippen molar-refractivity contribution in [1.29, 1.82) is 0 Å². The van der Waals surface area contributed by atoms with Gasteiger partial charge >= 0.3 is 0 Å². The number of benzene rings is 1. The molecule has 1 aromatic rings. The number of rotatable bonds is 4. The molecule has 3 rings (SSSR count). The molecule has 2 saturated heterocycles. The summed E-state index contributed by atoms with van der Waals surface area (Å²) >= 11 is 0. The van der Waals surface area contributed by atoms with E-state index in [1.165, 1.54) is 16.7 Å². The molecule has 2 aliphatic rings. The van der Waals surface area contributed by atoms with Crippen molar-refractivity contribution in [1.82, 2.24) is 15.5 Å². The molecule has 2 aliphatic heterocycles. The van der Waals surface area contributed by atoms with Gasteiger partial charge in [-0.1, -0.05) is 44.0 Å². The van der Waals surface area contributed by atoms with E-state index in [9.17, 15) is 9.59 Å². The molecule has 0 saturated carbocycles. The second kappa shape index (κ2) is 12.7. The summed E-state index contributed by atoms with van der Waals surface area (Å²) < 4.78 is 5.75. The van der Waals surface area contributed by atoms with Crippen LogP contribution in [-0.4, -0.2) is 55.6 Å². The molecule has 0 bridgehead atoms. The maximum atomic E-state index is 13.7. The van der Waals surface area contributed by atoms with Gasteiger partial charge in [-0.05, 0) is 82.5 Å². The van der Waals surface area contributed by atoms with Crippen LogP contribution in [0.15, 0.2) is 18.2 Å². The zero-order valence-corrected chi connectivity index (χ0v) is 21.8. The Morgan fingerprint density at radius 2 is 1.79 bits per heavy atom. The topological polar surface area (TPSA) is 70.7 Å². The van der Waals surface area contributed by atoms with Crippen molar-refractivity contribution in [2.45, 2.75) is 85.2 Å². The van der Waals surface area contributed by atoms with Crippen molar-refractivity contribution < 1.29 is 14.3 Å². The van der Waals surface area contributed by atoms with Crippen molar-refractivity contribution in [2.75, 3.05) is 32.8 Å². The summed E-state index contributed by atoms with van der Waals surface area (Å²) in [4.78, 5) is 29.1. The third-order valence-electron chi connectivity index (χ3n) is 7.48. The van der Waals surface area contributed by atoms with Crippen LogP contribution in [0.2, 0.25) is 0 Å². The van der Waals surface area contributed by atoms with Crippen LogP contribution in [0.5, 0.6) is 0 Å². The summed E-state index contributed by atoms with van der Waals surface area (Å²) in [6, 6.07) is 6.17. The number of nitrogens with one attached hydrogen (secondary N) is 2. The molecule has 2 heterocycles. The highest BCUT2D eigenvalue weighted by molar-refractivity contribution is 5.90. The third-order valence-corrected chi connectivity index (χ3v) is 7.48. The fraction of sp³-hybridized carbons (Fsp3) is 0.714. The Balaban J connectivity index is 1.71. The minimum atomic E-state index is -0.471. The second-order valence-corrected chi connectivity index (χ2v) is 10.9. The molecule has 2 amide bonds. The number of carbonyl (C=O) groups is 2. The van der Waals surface area contributed by atoms with Crippen LogP contribution in [-0.2, 0) is 20.9 Å². The van der Waals surface area contributed by atoms with Gasteiger partial charge in [0.15, 0.2) is 0 Å². The summed E-state index contributed by atoms with van der Waals surface area (Å²) in [5.74, 6) is 0.327. The van der Waals surface area contributed by atoms with Crippen LogP contribution in [0.3, 0.4) is 0 Å². The number of ether oxygens (including phenoxy) is 1. The highest BCUT2D eigenvalue weighted by Gasteiger charge is 2.42. The van der Waals surface area contributed by atoms with Gasteiger partial charge in [-0.15, -0.1) is 0 Å². The molecule has 1 spiro atoms. The lowest BCUT2D eigenvalue weighted by Gasteiger charge is -2.42. The molecule has 0 aliphatic carbocycles.